The molecular formula is C23H23Cl2NO3. The summed E-state index contributed by atoms with van der Waals surface area (Å²) in [4.78, 5) is 14.9. The van der Waals surface area contributed by atoms with Crippen LogP contribution in [-0.4, -0.2) is 31.1 Å². The largest absolute Gasteiger partial charge is 0.462 e. The van der Waals surface area contributed by atoms with Crippen molar-refractivity contribution in [2.24, 2.45) is 0 Å². The molecule has 1 aliphatic rings. The van der Waals surface area contributed by atoms with Gasteiger partial charge in [-0.05, 0) is 49.7 Å². The summed E-state index contributed by atoms with van der Waals surface area (Å²) in [6, 6.07) is 13.3. The van der Waals surface area contributed by atoms with Crippen LogP contribution >= 0.6 is 24.0 Å². The Hall–Kier alpha value is -2.27. The molecule has 1 aromatic heterocycles. The van der Waals surface area contributed by atoms with Gasteiger partial charge in [-0.25, -0.2) is 4.79 Å². The van der Waals surface area contributed by atoms with Gasteiger partial charge in [0.1, 0.15) is 11.3 Å². The van der Waals surface area contributed by atoms with Crippen LogP contribution in [0.4, 0.5) is 0 Å². The smallest absolute Gasteiger partial charge is 0.338 e. The van der Waals surface area contributed by atoms with Crippen molar-refractivity contribution in [1.29, 1.82) is 0 Å². The zero-order valence-electron chi connectivity index (χ0n) is 16.4. The predicted molar refractivity (Wildman–Crippen MR) is 119 cm³/mol. The molecule has 0 saturated heterocycles. The van der Waals surface area contributed by atoms with Crippen molar-refractivity contribution in [2.45, 2.75) is 19.9 Å². The highest BCUT2D eigenvalue weighted by atomic mass is 35.5. The van der Waals surface area contributed by atoms with Crippen LogP contribution in [-0.2, 0) is 22.5 Å². The van der Waals surface area contributed by atoms with Gasteiger partial charge < -0.3 is 14.1 Å². The minimum absolute atomic E-state index is 0. The zero-order valence-corrected chi connectivity index (χ0v) is 18.0. The van der Waals surface area contributed by atoms with Crippen LogP contribution in [0.25, 0.3) is 22.6 Å². The third kappa shape index (κ3) is 4.20. The molecular weight excluding hydrogens is 409 g/mol. The number of carbonyl (C=O) groups is 1. The molecule has 29 heavy (non-hydrogen) atoms. The second-order valence-electron chi connectivity index (χ2n) is 6.98. The van der Waals surface area contributed by atoms with Gasteiger partial charge in [0.15, 0.2) is 0 Å². The lowest BCUT2D eigenvalue weighted by Gasteiger charge is -2.13. The van der Waals surface area contributed by atoms with Crippen molar-refractivity contribution < 1.29 is 13.9 Å². The summed E-state index contributed by atoms with van der Waals surface area (Å²) in [5.41, 5.74) is 4.25. The number of furan rings is 1. The number of halogens is 2. The van der Waals surface area contributed by atoms with E-state index in [4.69, 9.17) is 20.8 Å². The molecule has 1 aliphatic heterocycles. The third-order valence-electron chi connectivity index (χ3n) is 5.06. The summed E-state index contributed by atoms with van der Waals surface area (Å²) >= 11 is 6.48. The minimum Gasteiger partial charge on any atom is -0.462 e. The van der Waals surface area contributed by atoms with Gasteiger partial charge in [0, 0.05) is 29.1 Å². The molecule has 0 amide bonds. The third-order valence-corrected chi connectivity index (χ3v) is 5.42. The van der Waals surface area contributed by atoms with E-state index in [0.717, 1.165) is 52.2 Å². The van der Waals surface area contributed by atoms with Gasteiger partial charge in [-0.15, -0.1) is 12.4 Å². The zero-order chi connectivity index (χ0) is 19.7. The summed E-state index contributed by atoms with van der Waals surface area (Å²) in [6.45, 7) is 3.77. The molecule has 0 unspecified atom stereocenters. The molecule has 0 fully saturated rings. The maximum atomic E-state index is 12.7. The monoisotopic (exact) mass is 431 g/mol. The van der Waals surface area contributed by atoms with E-state index in [9.17, 15) is 4.79 Å². The van der Waals surface area contributed by atoms with Gasteiger partial charge in [-0.1, -0.05) is 41.9 Å². The summed E-state index contributed by atoms with van der Waals surface area (Å²) in [7, 11) is 2.08. The van der Waals surface area contributed by atoms with Crippen LogP contribution in [0.5, 0.6) is 0 Å². The van der Waals surface area contributed by atoms with E-state index in [0.29, 0.717) is 17.9 Å². The molecule has 3 aromatic rings. The fraction of sp³-hybridized carbons (Fsp3) is 0.261. The Bertz CT molecular complexity index is 1060. The van der Waals surface area contributed by atoms with Crippen LogP contribution in [0.2, 0.25) is 5.02 Å². The molecule has 0 atom stereocenters. The van der Waals surface area contributed by atoms with E-state index >= 15 is 0 Å². The molecule has 0 radical (unpaired) electrons. The highest BCUT2D eigenvalue weighted by Crippen LogP contribution is 2.37. The van der Waals surface area contributed by atoms with Gasteiger partial charge in [0.2, 0.25) is 0 Å². The number of nitrogens with zero attached hydrogens (tertiary/aromatic N) is 1. The summed E-state index contributed by atoms with van der Waals surface area (Å²) in [5.74, 6) is 0.320. The highest BCUT2D eigenvalue weighted by molar-refractivity contribution is 6.32. The van der Waals surface area contributed by atoms with Crippen molar-refractivity contribution in [3.8, 4) is 0 Å². The summed E-state index contributed by atoms with van der Waals surface area (Å²) < 4.78 is 11.5. The first-order valence-corrected chi connectivity index (χ1v) is 9.81. The van der Waals surface area contributed by atoms with Crippen molar-refractivity contribution in [1.82, 2.24) is 4.90 Å². The number of hydrogen-bond acceptors (Lipinski definition) is 4. The highest BCUT2D eigenvalue weighted by Gasteiger charge is 2.24. The van der Waals surface area contributed by atoms with Crippen molar-refractivity contribution in [3.63, 3.8) is 0 Å². The first-order chi connectivity index (χ1) is 13.6. The Morgan fingerprint density at radius 3 is 2.69 bits per heavy atom. The SMILES string of the molecule is CCOC(=O)/C(=C\c1oc2ccc(Cl)c3c2c1CN(C)CC3)c1ccccc1.Cl. The maximum absolute atomic E-state index is 12.7. The number of likely N-dealkylation sites (N-methyl/N-ethyl adjacent to an activating group) is 1. The number of ether oxygens (including phenoxy) is 1. The predicted octanol–water partition coefficient (Wildman–Crippen LogP) is 5.60. The van der Waals surface area contributed by atoms with E-state index in [1.54, 1.807) is 13.0 Å². The topological polar surface area (TPSA) is 42.7 Å². The first-order valence-electron chi connectivity index (χ1n) is 9.44. The number of carbonyl (C=O) groups excluding carboxylic acids is 1. The average Bonchev–Trinajstić information content (AvgIpc) is 2.92. The van der Waals surface area contributed by atoms with E-state index in [1.165, 1.54) is 0 Å². The van der Waals surface area contributed by atoms with Crippen molar-refractivity contribution in [2.75, 3.05) is 20.2 Å². The van der Waals surface area contributed by atoms with Gasteiger partial charge in [0.25, 0.3) is 0 Å². The van der Waals surface area contributed by atoms with Gasteiger partial charge in [0.05, 0.1) is 12.2 Å². The van der Waals surface area contributed by atoms with Crippen molar-refractivity contribution >= 4 is 52.6 Å². The van der Waals surface area contributed by atoms with Crippen LogP contribution < -0.4 is 0 Å². The summed E-state index contributed by atoms with van der Waals surface area (Å²) in [6.07, 6.45) is 2.67. The average molecular weight is 432 g/mol. The second-order valence-corrected chi connectivity index (χ2v) is 7.38. The Kier molecular flexibility index (Phi) is 6.68. The van der Waals surface area contributed by atoms with E-state index < -0.39 is 0 Å². The molecule has 0 spiro atoms. The van der Waals surface area contributed by atoms with Crippen LogP contribution in [0.1, 0.15) is 29.4 Å². The quantitative estimate of drug-likeness (QED) is 0.398. The Labute approximate surface area is 181 Å². The lowest BCUT2D eigenvalue weighted by atomic mass is 10.0. The number of esters is 1. The Morgan fingerprint density at radius 1 is 1.21 bits per heavy atom. The van der Waals surface area contributed by atoms with E-state index in [2.05, 4.69) is 11.9 Å². The fourth-order valence-corrected chi connectivity index (χ4v) is 3.96. The number of hydrogen-bond donors (Lipinski definition) is 0. The van der Waals surface area contributed by atoms with E-state index in [1.807, 2.05) is 42.5 Å². The molecule has 6 heteroatoms. The molecule has 2 heterocycles. The minimum atomic E-state index is -0.360. The van der Waals surface area contributed by atoms with Crippen LogP contribution in [0.15, 0.2) is 46.9 Å². The molecule has 2 aromatic carbocycles. The number of rotatable bonds is 4. The second kappa shape index (κ2) is 9.04. The van der Waals surface area contributed by atoms with Crippen LogP contribution in [0.3, 0.4) is 0 Å². The van der Waals surface area contributed by atoms with Crippen molar-refractivity contribution in [3.05, 3.63) is 69.9 Å². The molecule has 0 N–H and O–H groups in total. The Morgan fingerprint density at radius 2 is 1.97 bits per heavy atom. The lowest BCUT2D eigenvalue weighted by Crippen LogP contribution is -2.18. The number of benzene rings is 2. The van der Waals surface area contributed by atoms with Gasteiger partial charge >= 0.3 is 5.97 Å². The molecule has 0 saturated carbocycles. The normalized spacial score (nSPS) is 14.4. The molecule has 0 bridgehead atoms. The van der Waals surface area contributed by atoms with Crippen LogP contribution in [0, 0.1) is 0 Å². The van der Waals surface area contributed by atoms with Gasteiger partial charge in [-0.3, -0.25) is 0 Å². The fourth-order valence-electron chi connectivity index (χ4n) is 3.71. The molecule has 152 valence electrons. The standard InChI is InChI=1S/C23H22ClNO3.ClH/c1-3-27-23(26)17(15-7-5-4-6-8-15)13-21-18-14-25(2)12-11-16-19(24)9-10-20(28-21)22(16)18;/h4-10,13H,3,11-12,14H2,1-2H3;1H/b17-13-;. The lowest BCUT2D eigenvalue weighted by molar-refractivity contribution is -0.136. The first kappa shape index (κ1) is 21.4. The molecule has 4 nitrogen and oxygen atoms in total. The molecule has 0 aliphatic carbocycles. The maximum Gasteiger partial charge on any atom is 0.338 e. The van der Waals surface area contributed by atoms with Gasteiger partial charge in [-0.2, -0.15) is 0 Å². The Balaban J connectivity index is 0.00000240. The molecule has 4 rings (SSSR count). The summed E-state index contributed by atoms with van der Waals surface area (Å²) in [5, 5.41) is 1.83. The van der Waals surface area contributed by atoms with E-state index in [-0.39, 0.29) is 18.4 Å².